The van der Waals surface area contributed by atoms with E-state index in [-0.39, 0.29) is 27.9 Å². The van der Waals surface area contributed by atoms with Crippen molar-refractivity contribution in [3.05, 3.63) is 35.4 Å². The molecule has 142 valence electrons. The zero-order valence-corrected chi connectivity index (χ0v) is 17.1. The SMILES string of the molecule is C[C@@H]1S[C@@H](c2ccc(C(C)(C)C)cc2)N(CCC(=O)N2CCCC2)C1=O. The molecule has 0 saturated carbocycles. The molecule has 1 aromatic carbocycles. The molecule has 0 N–H and O–H groups in total. The van der Waals surface area contributed by atoms with Crippen LogP contribution in [0, 0.1) is 0 Å². The third kappa shape index (κ3) is 4.08. The van der Waals surface area contributed by atoms with E-state index < -0.39 is 0 Å². The predicted octanol–water partition coefficient (Wildman–Crippen LogP) is 3.96. The fraction of sp³-hybridized carbons (Fsp3) is 0.619. The molecule has 0 aliphatic carbocycles. The van der Waals surface area contributed by atoms with Gasteiger partial charge in [-0.15, -0.1) is 11.8 Å². The first-order chi connectivity index (χ1) is 12.3. The second-order valence-electron chi connectivity index (χ2n) is 8.37. The molecular weight excluding hydrogens is 344 g/mol. The maximum atomic E-state index is 12.6. The highest BCUT2D eigenvalue weighted by Gasteiger charge is 2.38. The van der Waals surface area contributed by atoms with E-state index in [9.17, 15) is 9.59 Å². The second-order valence-corrected chi connectivity index (χ2v) is 9.80. The molecule has 2 saturated heterocycles. The highest BCUT2D eigenvalue weighted by molar-refractivity contribution is 8.01. The molecule has 2 aliphatic heterocycles. The van der Waals surface area contributed by atoms with Crippen molar-refractivity contribution in [1.82, 2.24) is 9.80 Å². The molecule has 0 bridgehead atoms. The van der Waals surface area contributed by atoms with Gasteiger partial charge in [-0.05, 0) is 36.3 Å². The third-order valence-electron chi connectivity index (χ3n) is 5.33. The molecule has 26 heavy (non-hydrogen) atoms. The normalized spacial score (nSPS) is 23.8. The summed E-state index contributed by atoms with van der Waals surface area (Å²) in [6, 6.07) is 8.60. The molecule has 0 radical (unpaired) electrons. The number of rotatable bonds is 4. The lowest BCUT2D eigenvalue weighted by molar-refractivity contribution is -0.133. The van der Waals surface area contributed by atoms with Crippen LogP contribution in [0.1, 0.15) is 63.5 Å². The van der Waals surface area contributed by atoms with Crippen LogP contribution in [-0.4, -0.2) is 46.5 Å². The number of hydrogen-bond donors (Lipinski definition) is 0. The van der Waals surface area contributed by atoms with E-state index in [4.69, 9.17) is 0 Å². The number of amides is 2. The third-order valence-corrected chi connectivity index (χ3v) is 6.73. The van der Waals surface area contributed by atoms with Crippen LogP contribution in [0.5, 0.6) is 0 Å². The van der Waals surface area contributed by atoms with Crippen molar-refractivity contribution in [2.75, 3.05) is 19.6 Å². The largest absolute Gasteiger partial charge is 0.343 e. The van der Waals surface area contributed by atoms with Crippen molar-refractivity contribution in [2.45, 2.75) is 63.0 Å². The lowest BCUT2D eigenvalue weighted by Crippen LogP contribution is -2.35. The number of carbonyl (C=O) groups is 2. The van der Waals surface area contributed by atoms with E-state index in [0.29, 0.717) is 13.0 Å². The van der Waals surface area contributed by atoms with Crippen molar-refractivity contribution >= 4 is 23.6 Å². The van der Waals surface area contributed by atoms with E-state index in [1.54, 1.807) is 11.8 Å². The summed E-state index contributed by atoms with van der Waals surface area (Å²) in [7, 11) is 0. The van der Waals surface area contributed by atoms with Crippen molar-refractivity contribution in [1.29, 1.82) is 0 Å². The van der Waals surface area contributed by atoms with E-state index in [0.717, 1.165) is 31.5 Å². The summed E-state index contributed by atoms with van der Waals surface area (Å²) in [5.74, 6) is 0.329. The van der Waals surface area contributed by atoms with Crippen LogP contribution in [0.25, 0.3) is 0 Å². The van der Waals surface area contributed by atoms with Crippen LogP contribution < -0.4 is 0 Å². The highest BCUT2D eigenvalue weighted by atomic mass is 32.2. The lowest BCUT2D eigenvalue weighted by atomic mass is 9.86. The van der Waals surface area contributed by atoms with Crippen LogP contribution in [0.2, 0.25) is 0 Å². The minimum absolute atomic E-state index is 0.0119. The Morgan fingerprint density at radius 1 is 1.15 bits per heavy atom. The summed E-state index contributed by atoms with van der Waals surface area (Å²) < 4.78 is 0. The van der Waals surface area contributed by atoms with Gasteiger partial charge in [0.15, 0.2) is 0 Å². The van der Waals surface area contributed by atoms with Gasteiger partial charge in [-0.3, -0.25) is 9.59 Å². The average Bonchev–Trinajstić information content (AvgIpc) is 3.22. The van der Waals surface area contributed by atoms with Gasteiger partial charge in [0.2, 0.25) is 11.8 Å². The Labute approximate surface area is 161 Å². The first kappa shape index (κ1) is 19.3. The van der Waals surface area contributed by atoms with Gasteiger partial charge in [-0.2, -0.15) is 0 Å². The molecule has 2 amide bonds. The van der Waals surface area contributed by atoms with Crippen molar-refractivity contribution in [2.24, 2.45) is 0 Å². The molecular formula is C21H30N2O2S. The minimum Gasteiger partial charge on any atom is -0.343 e. The van der Waals surface area contributed by atoms with E-state index in [2.05, 4.69) is 45.0 Å². The summed E-state index contributed by atoms with van der Waals surface area (Å²) in [5.41, 5.74) is 2.56. The van der Waals surface area contributed by atoms with Gasteiger partial charge in [0.25, 0.3) is 0 Å². The summed E-state index contributed by atoms with van der Waals surface area (Å²) in [6.07, 6.45) is 2.63. The standard InChI is InChI=1S/C21H30N2O2S/c1-15-19(25)23(14-11-18(24)22-12-5-6-13-22)20(26-15)16-7-9-17(10-8-16)21(2,3)4/h7-10,15,20H,5-6,11-14H2,1-4H3/t15-,20-/m0/s1. The van der Waals surface area contributed by atoms with E-state index in [1.807, 2.05) is 16.7 Å². The number of nitrogens with zero attached hydrogens (tertiary/aromatic N) is 2. The number of thioether (sulfide) groups is 1. The Kier molecular flexibility index (Phi) is 5.66. The Bertz CT molecular complexity index is 660. The van der Waals surface area contributed by atoms with Gasteiger partial charge in [0.05, 0.1) is 5.25 Å². The maximum absolute atomic E-state index is 12.6. The van der Waals surface area contributed by atoms with Crippen LogP contribution in [-0.2, 0) is 15.0 Å². The van der Waals surface area contributed by atoms with Gasteiger partial charge in [-0.25, -0.2) is 0 Å². The van der Waals surface area contributed by atoms with Gasteiger partial charge >= 0.3 is 0 Å². The predicted molar refractivity (Wildman–Crippen MR) is 107 cm³/mol. The fourth-order valence-corrected chi connectivity index (χ4v) is 4.96. The lowest BCUT2D eigenvalue weighted by Gasteiger charge is -2.26. The zero-order chi connectivity index (χ0) is 18.9. The summed E-state index contributed by atoms with van der Waals surface area (Å²) >= 11 is 1.68. The molecule has 0 aromatic heterocycles. The minimum atomic E-state index is -0.0517. The first-order valence-electron chi connectivity index (χ1n) is 9.61. The monoisotopic (exact) mass is 374 g/mol. The molecule has 2 heterocycles. The molecule has 3 rings (SSSR count). The van der Waals surface area contributed by atoms with Crippen LogP contribution in [0.15, 0.2) is 24.3 Å². The molecule has 2 atom stereocenters. The number of hydrogen-bond acceptors (Lipinski definition) is 3. The van der Waals surface area contributed by atoms with Crippen molar-refractivity contribution in [3.8, 4) is 0 Å². The van der Waals surface area contributed by atoms with Crippen molar-refractivity contribution < 1.29 is 9.59 Å². The van der Waals surface area contributed by atoms with Crippen LogP contribution in [0.3, 0.4) is 0 Å². The molecule has 0 spiro atoms. The summed E-state index contributed by atoms with van der Waals surface area (Å²) in [6.45, 7) is 10.8. The van der Waals surface area contributed by atoms with E-state index >= 15 is 0 Å². The Morgan fingerprint density at radius 3 is 2.35 bits per heavy atom. The topological polar surface area (TPSA) is 40.6 Å². The highest BCUT2D eigenvalue weighted by Crippen LogP contribution is 2.43. The molecule has 1 aromatic rings. The van der Waals surface area contributed by atoms with Gasteiger partial charge in [0.1, 0.15) is 5.37 Å². The van der Waals surface area contributed by atoms with Gasteiger partial charge in [-0.1, -0.05) is 45.0 Å². The molecule has 2 aliphatic rings. The molecule has 5 heteroatoms. The van der Waals surface area contributed by atoms with Crippen LogP contribution in [0.4, 0.5) is 0 Å². The maximum Gasteiger partial charge on any atom is 0.236 e. The van der Waals surface area contributed by atoms with Crippen molar-refractivity contribution in [3.63, 3.8) is 0 Å². The first-order valence-corrected chi connectivity index (χ1v) is 10.6. The molecule has 2 fully saturated rings. The number of benzene rings is 1. The Morgan fingerprint density at radius 2 is 1.77 bits per heavy atom. The Balaban J connectivity index is 1.70. The second kappa shape index (κ2) is 7.63. The zero-order valence-electron chi connectivity index (χ0n) is 16.3. The van der Waals surface area contributed by atoms with Gasteiger partial charge in [0, 0.05) is 26.1 Å². The molecule has 4 nitrogen and oxygen atoms in total. The number of carbonyl (C=O) groups excluding carboxylic acids is 2. The quantitative estimate of drug-likeness (QED) is 0.801. The smallest absolute Gasteiger partial charge is 0.236 e. The Hall–Kier alpha value is -1.49. The number of likely N-dealkylation sites (tertiary alicyclic amines) is 1. The summed E-state index contributed by atoms with van der Waals surface area (Å²) in [4.78, 5) is 28.8. The fourth-order valence-electron chi connectivity index (χ4n) is 3.65. The average molecular weight is 375 g/mol. The van der Waals surface area contributed by atoms with Gasteiger partial charge < -0.3 is 9.80 Å². The van der Waals surface area contributed by atoms with E-state index in [1.165, 1.54) is 5.56 Å². The molecule has 0 unspecified atom stereocenters. The summed E-state index contributed by atoms with van der Waals surface area (Å²) in [5, 5.41) is -0.0397. The van der Waals surface area contributed by atoms with Crippen LogP contribution >= 0.6 is 11.8 Å².